The molecule has 1 aliphatic heterocycles. The number of rotatable bonds is 3. The van der Waals surface area contributed by atoms with Gasteiger partial charge in [-0.25, -0.2) is 0 Å². The van der Waals surface area contributed by atoms with Crippen LogP contribution in [0.5, 0.6) is 5.75 Å². The van der Waals surface area contributed by atoms with E-state index in [1.165, 1.54) is 0 Å². The van der Waals surface area contributed by atoms with Crippen molar-refractivity contribution in [3.05, 3.63) is 18.2 Å². The minimum atomic E-state index is -0.0188. The Bertz CT molecular complexity index is 393. The lowest BCUT2D eigenvalue weighted by Gasteiger charge is -2.10. The summed E-state index contributed by atoms with van der Waals surface area (Å²) in [6.07, 6.45) is 0.389. The Labute approximate surface area is 94.0 Å². The third kappa shape index (κ3) is 2.43. The summed E-state index contributed by atoms with van der Waals surface area (Å²) >= 11 is 0. The van der Waals surface area contributed by atoms with E-state index >= 15 is 0 Å². The Morgan fingerprint density at radius 3 is 3.19 bits per heavy atom. The first-order chi connectivity index (χ1) is 7.79. The number of carbonyl (C=O) groups is 1. The van der Waals surface area contributed by atoms with Gasteiger partial charge in [-0.15, -0.1) is 0 Å². The van der Waals surface area contributed by atoms with Gasteiger partial charge in [0.2, 0.25) is 5.91 Å². The lowest BCUT2D eigenvalue weighted by atomic mass is 10.2. The molecule has 1 aromatic carbocycles. The number of nitrogens with one attached hydrogen (secondary N) is 2. The van der Waals surface area contributed by atoms with Gasteiger partial charge < -0.3 is 21.1 Å². The molecule has 0 radical (unpaired) electrons. The molecule has 5 nitrogen and oxygen atoms in total. The molecule has 1 heterocycles. The van der Waals surface area contributed by atoms with Crippen molar-refractivity contribution in [2.45, 2.75) is 6.42 Å². The predicted molar refractivity (Wildman–Crippen MR) is 62.7 cm³/mol. The summed E-state index contributed by atoms with van der Waals surface area (Å²) in [5.74, 6) is 0.693. The lowest BCUT2D eigenvalue weighted by molar-refractivity contribution is -0.116. The van der Waals surface area contributed by atoms with Gasteiger partial charge in [-0.05, 0) is 18.2 Å². The van der Waals surface area contributed by atoms with Crippen LogP contribution in [-0.2, 0) is 4.79 Å². The fourth-order valence-corrected chi connectivity index (χ4v) is 1.55. The molecule has 5 heteroatoms. The van der Waals surface area contributed by atoms with Crippen molar-refractivity contribution in [3.8, 4) is 5.75 Å². The van der Waals surface area contributed by atoms with Crippen LogP contribution in [0.3, 0.4) is 0 Å². The number of carbonyl (C=O) groups excluding carboxylic acids is 1. The molecule has 0 aliphatic carbocycles. The SMILES string of the molecule is NCCNc1ccc2c(c1)NC(=O)CCO2. The second-order valence-electron chi connectivity index (χ2n) is 3.57. The summed E-state index contributed by atoms with van der Waals surface area (Å²) < 4.78 is 5.44. The molecule has 0 spiro atoms. The summed E-state index contributed by atoms with van der Waals surface area (Å²) in [6, 6.07) is 5.61. The van der Waals surface area contributed by atoms with E-state index in [1.54, 1.807) is 0 Å². The van der Waals surface area contributed by atoms with Crippen molar-refractivity contribution in [2.24, 2.45) is 5.73 Å². The first-order valence-electron chi connectivity index (χ1n) is 5.30. The Hall–Kier alpha value is -1.75. The third-order valence-corrected chi connectivity index (χ3v) is 2.31. The Morgan fingerprint density at radius 2 is 2.38 bits per heavy atom. The maximum Gasteiger partial charge on any atom is 0.227 e. The second kappa shape index (κ2) is 4.85. The standard InChI is InChI=1S/C11H15N3O2/c12-4-5-13-8-1-2-10-9(7-8)14-11(15)3-6-16-10/h1-2,7,13H,3-6,12H2,(H,14,15). The van der Waals surface area contributed by atoms with Crippen LogP contribution >= 0.6 is 0 Å². The van der Waals surface area contributed by atoms with E-state index in [9.17, 15) is 4.79 Å². The summed E-state index contributed by atoms with van der Waals surface area (Å²) in [4.78, 5) is 11.3. The zero-order chi connectivity index (χ0) is 11.4. The van der Waals surface area contributed by atoms with Gasteiger partial charge in [0, 0.05) is 18.8 Å². The number of ether oxygens (including phenoxy) is 1. The van der Waals surface area contributed by atoms with Crippen LogP contribution in [0.1, 0.15) is 6.42 Å². The van der Waals surface area contributed by atoms with Crippen LogP contribution in [0, 0.1) is 0 Å². The predicted octanol–water partition coefficient (Wildman–Crippen LogP) is 0.778. The summed E-state index contributed by atoms with van der Waals surface area (Å²) in [6.45, 7) is 1.70. The van der Waals surface area contributed by atoms with E-state index in [1.807, 2.05) is 18.2 Å². The second-order valence-corrected chi connectivity index (χ2v) is 3.57. The average Bonchev–Trinajstić information content (AvgIpc) is 2.46. The van der Waals surface area contributed by atoms with Crippen molar-refractivity contribution in [1.29, 1.82) is 0 Å². The van der Waals surface area contributed by atoms with Gasteiger partial charge in [0.1, 0.15) is 5.75 Å². The van der Waals surface area contributed by atoms with Gasteiger partial charge in [-0.2, -0.15) is 0 Å². The number of amides is 1. The smallest absolute Gasteiger partial charge is 0.227 e. The highest BCUT2D eigenvalue weighted by Gasteiger charge is 2.13. The van der Waals surface area contributed by atoms with Gasteiger partial charge in [-0.1, -0.05) is 0 Å². The largest absolute Gasteiger partial charge is 0.491 e. The van der Waals surface area contributed by atoms with Crippen molar-refractivity contribution in [1.82, 2.24) is 0 Å². The molecule has 0 aromatic heterocycles. The Balaban J connectivity index is 2.19. The van der Waals surface area contributed by atoms with Crippen LogP contribution in [0.4, 0.5) is 11.4 Å². The monoisotopic (exact) mass is 221 g/mol. The Morgan fingerprint density at radius 1 is 1.50 bits per heavy atom. The van der Waals surface area contributed by atoms with Gasteiger partial charge in [0.05, 0.1) is 18.7 Å². The molecule has 0 saturated heterocycles. The topological polar surface area (TPSA) is 76.4 Å². The maximum atomic E-state index is 11.3. The highest BCUT2D eigenvalue weighted by atomic mass is 16.5. The molecule has 0 saturated carbocycles. The van der Waals surface area contributed by atoms with Crippen molar-refractivity contribution in [2.75, 3.05) is 30.3 Å². The van der Waals surface area contributed by atoms with E-state index in [2.05, 4.69) is 10.6 Å². The van der Waals surface area contributed by atoms with Gasteiger partial charge >= 0.3 is 0 Å². The molecule has 86 valence electrons. The molecule has 1 amide bonds. The quantitative estimate of drug-likeness (QED) is 0.705. The number of fused-ring (bicyclic) bond motifs is 1. The molecular weight excluding hydrogens is 206 g/mol. The normalized spacial score (nSPS) is 14.4. The fraction of sp³-hybridized carbons (Fsp3) is 0.364. The maximum absolute atomic E-state index is 11.3. The number of hydrogen-bond donors (Lipinski definition) is 3. The molecule has 1 aromatic rings. The molecule has 0 fully saturated rings. The minimum Gasteiger partial charge on any atom is -0.491 e. The highest BCUT2D eigenvalue weighted by Crippen LogP contribution is 2.29. The van der Waals surface area contributed by atoms with Crippen LogP contribution in [0.15, 0.2) is 18.2 Å². The third-order valence-electron chi connectivity index (χ3n) is 2.31. The van der Waals surface area contributed by atoms with Crippen molar-refractivity contribution < 1.29 is 9.53 Å². The number of hydrogen-bond acceptors (Lipinski definition) is 4. The molecule has 4 N–H and O–H groups in total. The highest BCUT2D eigenvalue weighted by molar-refractivity contribution is 5.93. The van der Waals surface area contributed by atoms with Crippen molar-refractivity contribution in [3.63, 3.8) is 0 Å². The van der Waals surface area contributed by atoms with E-state index in [-0.39, 0.29) is 5.91 Å². The molecule has 16 heavy (non-hydrogen) atoms. The number of nitrogens with two attached hydrogens (primary N) is 1. The summed E-state index contributed by atoms with van der Waals surface area (Å²) in [5.41, 5.74) is 7.04. The zero-order valence-electron chi connectivity index (χ0n) is 8.95. The first kappa shape index (κ1) is 10.8. The Kier molecular flexibility index (Phi) is 3.26. The van der Waals surface area contributed by atoms with Crippen LogP contribution < -0.4 is 21.1 Å². The van der Waals surface area contributed by atoms with Crippen LogP contribution in [0.2, 0.25) is 0 Å². The van der Waals surface area contributed by atoms with E-state index < -0.39 is 0 Å². The number of anilines is 2. The van der Waals surface area contributed by atoms with Gasteiger partial charge in [0.25, 0.3) is 0 Å². The fourth-order valence-electron chi connectivity index (χ4n) is 1.55. The van der Waals surface area contributed by atoms with Crippen LogP contribution in [-0.4, -0.2) is 25.6 Å². The molecule has 0 bridgehead atoms. The van der Waals surface area contributed by atoms with E-state index in [0.29, 0.717) is 37.6 Å². The number of benzene rings is 1. The average molecular weight is 221 g/mol. The summed E-state index contributed by atoms with van der Waals surface area (Å²) in [7, 11) is 0. The minimum absolute atomic E-state index is 0.0188. The van der Waals surface area contributed by atoms with Gasteiger partial charge in [-0.3, -0.25) is 4.79 Å². The zero-order valence-corrected chi connectivity index (χ0v) is 8.95. The molecule has 0 unspecified atom stereocenters. The molecular formula is C11H15N3O2. The molecule has 2 rings (SSSR count). The van der Waals surface area contributed by atoms with Crippen LogP contribution in [0.25, 0.3) is 0 Å². The lowest BCUT2D eigenvalue weighted by Crippen LogP contribution is -2.13. The first-order valence-corrected chi connectivity index (χ1v) is 5.30. The molecule has 0 atom stereocenters. The van der Waals surface area contributed by atoms with Gasteiger partial charge in [0.15, 0.2) is 0 Å². The van der Waals surface area contributed by atoms with E-state index in [4.69, 9.17) is 10.5 Å². The molecule has 1 aliphatic rings. The van der Waals surface area contributed by atoms with Crippen molar-refractivity contribution >= 4 is 17.3 Å². The van der Waals surface area contributed by atoms with E-state index in [0.717, 1.165) is 5.69 Å². The summed E-state index contributed by atoms with van der Waals surface area (Å²) in [5, 5.41) is 5.95.